The second-order valence-electron chi connectivity index (χ2n) is 7.97. The summed E-state index contributed by atoms with van der Waals surface area (Å²) < 4.78 is 13.3. The standard InChI is InChI=1S/C24H22FN5O.CH4/c1-17-14-30(12-9-24(17,15-26)13-18-4-6-19(25)7-5-18)23(31)20-3-2-10-28-22(20)21-8-11-27-16-29-21;/h2-8,10-11,16-17H,9,12-14H2,1H3;1H4/t17-,24+;/m0./s1. The number of amides is 1. The lowest BCUT2D eigenvalue weighted by molar-refractivity contribution is 0.0508. The van der Waals surface area contributed by atoms with Crippen LogP contribution in [0.15, 0.2) is 61.2 Å². The van der Waals surface area contributed by atoms with Crippen LogP contribution in [0, 0.1) is 28.5 Å². The van der Waals surface area contributed by atoms with E-state index >= 15 is 0 Å². The molecule has 1 aliphatic heterocycles. The number of nitrogens with zero attached hydrogens (tertiary/aromatic N) is 5. The quantitative estimate of drug-likeness (QED) is 0.605. The number of nitriles is 1. The van der Waals surface area contributed by atoms with E-state index < -0.39 is 5.41 Å². The minimum absolute atomic E-state index is 0. The molecule has 32 heavy (non-hydrogen) atoms. The van der Waals surface area contributed by atoms with Crippen LogP contribution in [0.3, 0.4) is 0 Å². The third-order valence-electron chi connectivity index (χ3n) is 6.07. The van der Waals surface area contributed by atoms with Crippen LogP contribution in [0.4, 0.5) is 4.39 Å². The van der Waals surface area contributed by atoms with Gasteiger partial charge >= 0.3 is 0 Å². The van der Waals surface area contributed by atoms with Gasteiger partial charge in [0.15, 0.2) is 0 Å². The predicted octanol–water partition coefficient (Wildman–Crippen LogP) is 4.55. The Hall–Kier alpha value is -3.66. The molecule has 0 N–H and O–H groups in total. The Morgan fingerprint density at radius 2 is 2.00 bits per heavy atom. The normalized spacial score (nSPS) is 20.2. The van der Waals surface area contributed by atoms with Crippen molar-refractivity contribution in [3.63, 3.8) is 0 Å². The molecule has 1 saturated heterocycles. The van der Waals surface area contributed by atoms with Crippen LogP contribution in [-0.2, 0) is 6.42 Å². The zero-order valence-electron chi connectivity index (χ0n) is 17.2. The lowest BCUT2D eigenvalue weighted by atomic mass is 9.68. The molecule has 1 amide bonds. The van der Waals surface area contributed by atoms with Crippen molar-refractivity contribution < 1.29 is 9.18 Å². The largest absolute Gasteiger partial charge is 0.338 e. The molecule has 1 aromatic carbocycles. The summed E-state index contributed by atoms with van der Waals surface area (Å²) in [4.78, 5) is 27.7. The van der Waals surface area contributed by atoms with E-state index in [0.717, 1.165) is 5.56 Å². The first-order valence-corrected chi connectivity index (χ1v) is 10.2. The van der Waals surface area contributed by atoms with Crippen molar-refractivity contribution in [2.75, 3.05) is 13.1 Å². The number of carbonyl (C=O) groups excluding carboxylic acids is 1. The first-order chi connectivity index (χ1) is 15.0. The molecule has 0 radical (unpaired) electrons. The number of carbonyl (C=O) groups is 1. The van der Waals surface area contributed by atoms with Gasteiger partial charge in [0.1, 0.15) is 17.8 Å². The Labute approximate surface area is 187 Å². The first-order valence-electron chi connectivity index (χ1n) is 10.2. The van der Waals surface area contributed by atoms with Crippen molar-refractivity contribution >= 4 is 5.91 Å². The maximum Gasteiger partial charge on any atom is 0.256 e. The van der Waals surface area contributed by atoms with Gasteiger partial charge in [0.05, 0.1) is 22.7 Å². The second kappa shape index (κ2) is 9.65. The molecule has 1 aliphatic rings. The topological polar surface area (TPSA) is 82.8 Å². The number of rotatable bonds is 4. The van der Waals surface area contributed by atoms with E-state index in [2.05, 4.69) is 21.0 Å². The molecule has 2 atom stereocenters. The van der Waals surface area contributed by atoms with Gasteiger partial charge in [-0.15, -0.1) is 0 Å². The van der Waals surface area contributed by atoms with Crippen LogP contribution in [0.5, 0.6) is 0 Å². The SMILES string of the molecule is C.C[C@H]1CN(C(=O)c2cccnc2-c2ccncn2)CC[C@]1(C#N)Cc1ccc(F)cc1. The Kier molecular flexibility index (Phi) is 6.94. The van der Waals surface area contributed by atoms with E-state index in [1.54, 1.807) is 47.6 Å². The van der Waals surface area contributed by atoms with Crippen LogP contribution in [-0.4, -0.2) is 38.8 Å². The van der Waals surface area contributed by atoms with E-state index in [9.17, 15) is 14.4 Å². The zero-order valence-corrected chi connectivity index (χ0v) is 17.2. The second-order valence-corrected chi connectivity index (χ2v) is 7.97. The van der Waals surface area contributed by atoms with Gasteiger partial charge < -0.3 is 4.90 Å². The minimum atomic E-state index is -0.598. The monoisotopic (exact) mass is 431 g/mol. The van der Waals surface area contributed by atoms with E-state index in [-0.39, 0.29) is 25.1 Å². The fourth-order valence-corrected chi connectivity index (χ4v) is 4.18. The average molecular weight is 432 g/mol. The fourth-order valence-electron chi connectivity index (χ4n) is 4.18. The van der Waals surface area contributed by atoms with Crippen molar-refractivity contribution in [3.8, 4) is 17.5 Å². The lowest BCUT2D eigenvalue weighted by Crippen LogP contribution is -2.49. The summed E-state index contributed by atoms with van der Waals surface area (Å²) in [5.41, 5.74) is 1.92. The molecule has 164 valence electrons. The highest BCUT2D eigenvalue weighted by atomic mass is 19.1. The van der Waals surface area contributed by atoms with Gasteiger partial charge in [-0.05, 0) is 54.7 Å². The Balaban J connectivity index is 0.00000289. The van der Waals surface area contributed by atoms with Crippen molar-refractivity contribution in [3.05, 3.63) is 78.1 Å². The first kappa shape index (κ1) is 23.0. The van der Waals surface area contributed by atoms with Crippen molar-refractivity contribution in [1.82, 2.24) is 19.9 Å². The van der Waals surface area contributed by atoms with Gasteiger partial charge in [0.2, 0.25) is 0 Å². The molecule has 0 spiro atoms. The molecular formula is C25H26FN5O. The summed E-state index contributed by atoms with van der Waals surface area (Å²) in [6.45, 7) is 2.93. The summed E-state index contributed by atoms with van der Waals surface area (Å²) in [7, 11) is 0. The average Bonchev–Trinajstić information content (AvgIpc) is 2.82. The lowest BCUT2D eigenvalue weighted by Gasteiger charge is -2.42. The third-order valence-corrected chi connectivity index (χ3v) is 6.07. The smallest absolute Gasteiger partial charge is 0.256 e. The van der Waals surface area contributed by atoms with Crippen molar-refractivity contribution in [2.24, 2.45) is 11.3 Å². The highest BCUT2D eigenvalue weighted by molar-refractivity contribution is 5.99. The number of benzene rings is 1. The zero-order chi connectivity index (χ0) is 21.8. The molecule has 0 bridgehead atoms. The molecule has 3 aromatic rings. The third kappa shape index (κ3) is 4.50. The highest BCUT2D eigenvalue weighted by Crippen LogP contribution is 2.39. The Morgan fingerprint density at radius 1 is 1.22 bits per heavy atom. The van der Waals surface area contributed by atoms with Crippen LogP contribution in [0.2, 0.25) is 0 Å². The number of likely N-dealkylation sites (tertiary alicyclic amines) is 1. The van der Waals surface area contributed by atoms with E-state index in [1.807, 2.05) is 6.92 Å². The maximum absolute atomic E-state index is 13.4. The van der Waals surface area contributed by atoms with Gasteiger partial charge in [0, 0.05) is 25.5 Å². The molecule has 1 fully saturated rings. The number of halogens is 1. The van der Waals surface area contributed by atoms with Crippen LogP contribution in [0.25, 0.3) is 11.4 Å². The van der Waals surface area contributed by atoms with Gasteiger partial charge in [-0.1, -0.05) is 26.5 Å². The molecule has 3 heterocycles. The Morgan fingerprint density at radius 3 is 2.66 bits per heavy atom. The van der Waals surface area contributed by atoms with E-state index in [1.165, 1.54) is 18.5 Å². The summed E-state index contributed by atoms with van der Waals surface area (Å²) in [5.74, 6) is -0.458. The van der Waals surface area contributed by atoms with Crippen LogP contribution < -0.4 is 0 Å². The summed E-state index contributed by atoms with van der Waals surface area (Å²) >= 11 is 0. The number of hydrogen-bond acceptors (Lipinski definition) is 5. The van der Waals surface area contributed by atoms with Crippen LogP contribution >= 0.6 is 0 Å². The molecule has 0 saturated carbocycles. The predicted molar refractivity (Wildman–Crippen MR) is 120 cm³/mol. The molecule has 7 heteroatoms. The summed E-state index contributed by atoms with van der Waals surface area (Å²) in [6.07, 6.45) is 5.77. The van der Waals surface area contributed by atoms with Gasteiger partial charge in [-0.2, -0.15) is 5.26 Å². The number of pyridine rings is 1. The van der Waals surface area contributed by atoms with E-state index in [4.69, 9.17) is 0 Å². The number of hydrogen-bond donors (Lipinski definition) is 0. The van der Waals surface area contributed by atoms with E-state index in [0.29, 0.717) is 42.9 Å². The number of piperidine rings is 1. The van der Waals surface area contributed by atoms with Gasteiger partial charge in [-0.3, -0.25) is 9.78 Å². The summed E-state index contributed by atoms with van der Waals surface area (Å²) in [6, 6.07) is 14.0. The molecule has 6 nitrogen and oxygen atoms in total. The summed E-state index contributed by atoms with van der Waals surface area (Å²) in [5, 5.41) is 10.0. The highest BCUT2D eigenvalue weighted by Gasteiger charge is 2.42. The van der Waals surface area contributed by atoms with Crippen molar-refractivity contribution in [2.45, 2.75) is 27.2 Å². The van der Waals surface area contributed by atoms with Crippen LogP contribution in [0.1, 0.15) is 36.7 Å². The minimum Gasteiger partial charge on any atom is -0.338 e. The molecule has 4 rings (SSSR count). The van der Waals surface area contributed by atoms with Gasteiger partial charge in [-0.25, -0.2) is 14.4 Å². The van der Waals surface area contributed by atoms with Gasteiger partial charge in [0.25, 0.3) is 5.91 Å². The van der Waals surface area contributed by atoms with Crippen molar-refractivity contribution in [1.29, 1.82) is 5.26 Å². The Bertz CT molecular complexity index is 1110. The maximum atomic E-state index is 13.4. The molecular weight excluding hydrogens is 405 g/mol. The molecule has 0 aliphatic carbocycles. The molecule has 2 aromatic heterocycles. The number of aromatic nitrogens is 3. The molecule has 0 unspecified atom stereocenters. The fraction of sp³-hybridized carbons (Fsp3) is 0.320.